The largest absolute Gasteiger partial charge is 0.431 e. The number of aromatic nitrogens is 1. The first-order valence-electron chi connectivity index (χ1n) is 8.64. The highest BCUT2D eigenvalue weighted by atomic mass is 19.4. The van der Waals surface area contributed by atoms with Crippen LogP contribution in [0.3, 0.4) is 0 Å². The van der Waals surface area contributed by atoms with Crippen molar-refractivity contribution >= 4 is 34.1 Å². The second kappa shape index (κ2) is 6.88. The van der Waals surface area contributed by atoms with Gasteiger partial charge in [-0.1, -0.05) is 0 Å². The summed E-state index contributed by atoms with van der Waals surface area (Å²) >= 11 is 0. The van der Waals surface area contributed by atoms with Crippen LogP contribution in [-0.4, -0.2) is 23.1 Å². The number of fused-ring (bicyclic) bond motifs is 3. The zero-order valence-corrected chi connectivity index (χ0v) is 15.1. The third kappa shape index (κ3) is 3.10. The number of hydrogen-bond acceptors (Lipinski definition) is 5. The number of anilines is 1. The number of alkyl halides is 3. The molecule has 6 N–H and O–H groups in total. The molecular weight excluding hydrogens is 374 g/mol. The molecule has 0 saturated carbocycles. The van der Waals surface area contributed by atoms with Gasteiger partial charge in [-0.25, -0.2) is 9.37 Å². The van der Waals surface area contributed by atoms with E-state index >= 15 is 0 Å². The van der Waals surface area contributed by atoms with Crippen molar-refractivity contribution in [2.24, 2.45) is 5.73 Å². The van der Waals surface area contributed by atoms with E-state index in [4.69, 9.17) is 22.3 Å². The summed E-state index contributed by atoms with van der Waals surface area (Å²) < 4.78 is 53.9. The van der Waals surface area contributed by atoms with Crippen molar-refractivity contribution < 1.29 is 17.6 Å². The number of pyridine rings is 1. The van der Waals surface area contributed by atoms with Gasteiger partial charge in [-0.2, -0.15) is 13.2 Å². The Morgan fingerprint density at radius 2 is 1.82 bits per heavy atom. The van der Waals surface area contributed by atoms with E-state index in [1.165, 1.54) is 6.92 Å². The summed E-state index contributed by atoms with van der Waals surface area (Å²) in [4.78, 5) is 4.26. The lowest BCUT2D eigenvalue weighted by Gasteiger charge is -2.24. The highest BCUT2D eigenvalue weighted by Crippen LogP contribution is 2.38. The lowest BCUT2D eigenvalue weighted by Crippen LogP contribution is -2.23. The number of nitrogens with zero attached hydrogens (tertiary/aromatic N) is 1. The number of allylic oxidation sites excluding steroid dienone is 2. The first-order valence-corrected chi connectivity index (χ1v) is 8.64. The third-order valence-electron chi connectivity index (χ3n) is 4.95. The summed E-state index contributed by atoms with van der Waals surface area (Å²) in [6, 6.07) is 1.06. The minimum absolute atomic E-state index is 0.0435. The van der Waals surface area contributed by atoms with Gasteiger partial charge in [0.25, 0.3) is 0 Å². The van der Waals surface area contributed by atoms with E-state index in [9.17, 15) is 17.6 Å². The normalized spacial score (nSPS) is 15.2. The Labute approximate surface area is 158 Å². The molecule has 28 heavy (non-hydrogen) atoms. The average Bonchev–Trinajstić information content (AvgIpc) is 2.62. The summed E-state index contributed by atoms with van der Waals surface area (Å²) in [7, 11) is 0. The van der Waals surface area contributed by atoms with Crippen molar-refractivity contribution in [1.29, 1.82) is 10.8 Å². The van der Waals surface area contributed by atoms with Crippen molar-refractivity contribution in [2.75, 3.05) is 5.73 Å². The zero-order chi connectivity index (χ0) is 20.8. The number of nitrogen functional groups attached to an aromatic ring is 1. The Kier molecular flexibility index (Phi) is 4.86. The van der Waals surface area contributed by atoms with Gasteiger partial charge in [-0.15, -0.1) is 0 Å². The molecule has 0 spiro atoms. The van der Waals surface area contributed by atoms with Crippen molar-refractivity contribution in [3.8, 4) is 0 Å². The van der Waals surface area contributed by atoms with Crippen LogP contribution in [0.4, 0.5) is 23.2 Å². The second-order valence-electron chi connectivity index (χ2n) is 6.76. The molecule has 5 nitrogen and oxygen atoms in total. The van der Waals surface area contributed by atoms with E-state index in [1.807, 2.05) is 0 Å². The number of nitrogens with one attached hydrogen (secondary N) is 2. The molecule has 1 aliphatic carbocycles. The molecule has 1 aromatic carbocycles. The predicted molar refractivity (Wildman–Crippen MR) is 101 cm³/mol. The summed E-state index contributed by atoms with van der Waals surface area (Å²) in [5.74, 6) is -0.799. The van der Waals surface area contributed by atoms with Crippen LogP contribution in [0.15, 0.2) is 11.8 Å². The lowest BCUT2D eigenvalue weighted by molar-refractivity contribution is -0.0919. The van der Waals surface area contributed by atoms with E-state index in [2.05, 4.69) is 4.98 Å². The topological polar surface area (TPSA) is 113 Å². The van der Waals surface area contributed by atoms with Gasteiger partial charge in [-0.05, 0) is 43.7 Å². The smallest absolute Gasteiger partial charge is 0.396 e. The van der Waals surface area contributed by atoms with Gasteiger partial charge in [-0.3, -0.25) is 0 Å². The molecule has 3 rings (SSSR count). The SMILES string of the molecule is CC(=N)c1c(N)c(F)cc2nc(C(C=N)=C(N)C(F)(F)F)c3c(c12)CCCC3. The Bertz CT molecular complexity index is 1040. The number of rotatable bonds is 3. The number of halogens is 4. The summed E-state index contributed by atoms with van der Waals surface area (Å²) in [6.45, 7) is 1.47. The molecule has 0 radical (unpaired) electrons. The monoisotopic (exact) mass is 393 g/mol. The van der Waals surface area contributed by atoms with E-state index in [0.717, 1.165) is 18.9 Å². The van der Waals surface area contributed by atoms with Gasteiger partial charge >= 0.3 is 6.18 Å². The van der Waals surface area contributed by atoms with Crippen LogP contribution in [0.1, 0.15) is 42.1 Å². The van der Waals surface area contributed by atoms with Gasteiger partial charge in [0.1, 0.15) is 11.5 Å². The van der Waals surface area contributed by atoms with E-state index in [0.29, 0.717) is 35.6 Å². The Hall–Kier alpha value is -2.97. The van der Waals surface area contributed by atoms with Gasteiger partial charge in [0.05, 0.1) is 16.9 Å². The molecule has 0 aliphatic heterocycles. The van der Waals surface area contributed by atoms with Crippen LogP contribution < -0.4 is 11.5 Å². The van der Waals surface area contributed by atoms with Gasteiger partial charge in [0, 0.05) is 34.5 Å². The van der Waals surface area contributed by atoms with Crippen LogP contribution in [0.5, 0.6) is 0 Å². The molecule has 0 fully saturated rings. The fourth-order valence-electron chi connectivity index (χ4n) is 3.71. The maximum atomic E-state index is 14.3. The molecule has 0 amide bonds. The molecule has 148 valence electrons. The number of benzene rings is 1. The minimum atomic E-state index is -4.83. The van der Waals surface area contributed by atoms with Crippen molar-refractivity contribution in [1.82, 2.24) is 4.98 Å². The maximum Gasteiger partial charge on any atom is 0.431 e. The maximum absolute atomic E-state index is 14.3. The van der Waals surface area contributed by atoms with E-state index < -0.39 is 23.3 Å². The molecule has 9 heteroatoms. The molecule has 0 bridgehead atoms. The fourth-order valence-corrected chi connectivity index (χ4v) is 3.71. The third-order valence-corrected chi connectivity index (χ3v) is 4.95. The van der Waals surface area contributed by atoms with Gasteiger partial charge in [0.2, 0.25) is 0 Å². The summed E-state index contributed by atoms with van der Waals surface area (Å²) in [5, 5.41) is 16.0. The summed E-state index contributed by atoms with van der Waals surface area (Å²) in [6.07, 6.45) is -1.79. The van der Waals surface area contributed by atoms with Crippen LogP contribution >= 0.6 is 0 Å². The van der Waals surface area contributed by atoms with E-state index in [1.54, 1.807) is 0 Å². The van der Waals surface area contributed by atoms with E-state index in [-0.39, 0.29) is 28.2 Å². The Morgan fingerprint density at radius 3 is 2.36 bits per heavy atom. The number of nitrogens with two attached hydrogens (primary N) is 2. The molecule has 1 heterocycles. The number of aryl methyl sites for hydroxylation is 1. The van der Waals surface area contributed by atoms with Crippen molar-refractivity contribution in [2.45, 2.75) is 38.8 Å². The molecule has 0 unspecified atom stereocenters. The molecule has 1 aromatic heterocycles. The molecular formula is C19H19F4N5. The second-order valence-corrected chi connectivity index (χ2v) is 6.76. The highest BCUT2D eigenvalue weighted by Gasteiger charge is 2.36. The van der Waals surface area contributed by atoms with Crippen LogP contribution in [0, 0.1) is 16.6 Å². The van der Waals surface area contributed by atoms with Crippen molar-refractivity contribution in [3.63, 3.8) is 0 Å². The Morgan fingerprint density at radius 1 is 1.21 bits per heavy atom. The molecule has 2 aromatic rings. The quantitative estimate of drug-likeness (QED) is 0.358. The van der Waals surface area contributed by atoms with Crippen LogP contribution in [0.25, 0.3) is 16.5 Å². The minimum Gasteiger partial charge on any atom is -0.396 e. The molecule has 1 aliphatic rings. The summed E-state index contributed by atoms with van der Waals surface area (Å²) in [5.41, 5.74) is 10.5. The predicted octanol–water partition coefficient (Wildman–Crippen LogP) is 4.10. The first kappa shape index (κ1) is 19.8. The zero-order valence-electron chi connectivity index (χ0n) is 15.1. The fraction of sp³-hybridized carbons (Fsp3) is 0.316. The van der Waals surface area contributed by atoms with Gasteiger partial charge < -0.3 is 22.3 Å². The molecule has 0 atom stereocenters. The van der Waals surface area contributed by atoms with Crippen LogP contribution in [-0.2, 0) is 12.8 Å². The Balaban J connectivity index is 2.50. The van der Waals surface area contributed by atoms with Crippen LogP contribution in [0.2, 0.25) is 0 Å². The van der Waals surface area contributed by atoms with Crippen molar-refractivity contribution in [3.05, 3.63) is 40.0 Å². The van der Waals surface area contributed by atoms with Gasteiger partial charge in [0.15, 0.2) is 0 Å². The lowest BCUT2D eigenvalue weighted by atomic mass is 9.84. The first-order chi connectivity index (χ1) is 13.1. The number of hydrogen-bond donors (Lipinski definition) is 4. The average molecular weight is 393 g/mol. The highest BCUT2D eigenvalue weighted by molar-refractivity contribution is 6.15. The molecule has 0 saturated heterocycles. The standard InChI is InChI=1S/C19H19F4N5/c1-8(25)14-15-9-4-2-3-5-10(9)17(11(7-24)18(27)19(21,22)23)28-13(15)6-12(20)16(14)26/h6-7,24-25H,2-5,26-27H2,1H3.